The van der Waals surface area contributed by atoms with Crippen molar-refractivity contribution in [3.63, 3.8) is 0 Å². The molecule has 0 amide bonds. The van der Waals surface area contributed by atoms with E-state index in [2.05, 4.69) is 15.4 Å². The van der Waals surface area contributed by atoms with Gasteiger partial charge in [-0.05, 0) is 32.8 Å². The largest absolute Gasteiger partial charge is 0.378 e. The van der Waals surface area contributed by atoms with Crippen LogP contribution < -0.4 is 5.32 Å². The molecular formula is C13H18N4O. The molecule has 3 rings (SSSR count). The summed E-state index contributed by atoms with van der Waals surface area (Å²) in [4.78, 5) is 4.40. The van der Waals surface area contributed by atoms with Crippen molar-refractivity contribution >= 4 is 11.3 Å². The second-order valence-electron chi connectivity index (χ2n) is 4.78. The van der Waals surface area contributed by atoms with Crippen molar-refractivity contribution in [3.8, 4) is 0 Å². The zero-order chi connectivity index (χ0) is 12.5. The summed E-state index contributed by atoms with van der Waals surface area (Å²) < 4.78 is 7.42. The van der Waals surface area contributed by atoms with Crippen molar-refractivity contribution < 1.29 is 4.74 Å². The summed E-state index contributed by atoms with van der Waals surface area (Å²) >= 11 is 0. The Morgan fingerprint density at radius 3 is 3.11 bits per heavy atom. The molecular weight excluding hydrogens is 228 g/mol. The van der Waals surface area contributed by atoms with Gasteiger partial charge in [-0.15, -0.1) is 0 Å². The average Bonchev–Trinajstić information content (AvgIpc) is 2.67. The van der Waals surface area contributed by atoms with Crippen LogP contribution in [0.1, 0.15) is 25.5 Å². The Bertz CT molecular complexity index is 545. The maximum Gasteiger partial charge on any atom is 0.152 e. The van der Waals surface area contributed by atoms with E-state index < -0.39 is 0 Å². The van der Waals surface area contributed by atoms with E-state index in [1.54, 1.807) is 6.20 Å². The first-order chi connectivity index (χ1) is 8.76. The molecule has 2 aromatic heterocycles. The Morgan fingerprint density at radius 1 is 1.50 bits per heavy atom. The molecule has 2 aromatic rings. The Morgan fingerprint density at radius 2 is 2.33 bits per heavy atom. The van der Waals surface area contributed by atoms with E-state index in [4.69, 9.17) is 4.74 Å². The normalized spacial score (nSPS) is 23.0. The van der Waals surface area contributed by atoms with Crippen LogP contribution in [-0.4, -0.2) is 33.4 Å². The summed E-state index contributed by atoms with van der Waals surface area (Å²) in [5, 5.41) is 7.85. The quantitative estimate of drug-likeness (QED) is 0.896. The van der Waals surface area contributed by atoms with Crippen molar-refractivity contribution in [3.05, 3.63) is 24.2 Å². The van der Waals surface area contributed by atoms with Crippen molar-refractivity contribution in [2.24, 2.45) is 0 Å². The number of hydrogen-bond donors (Lipinski definition) is 1. The van der Waals surface area contributed by atoms with Gasteiger partial charge in [-0.25, -0.2) is 9.50 Å². The number of rotatable bonds is 4. The van der Waals surface area contributed by atoms with Gasteiger partial charge in [0.25, 0.3) is 0 Å². The number of nitrogens with one attached hydrogen (secondary N) is 1. The molecule has 0 bridgehead atoms. The number of ether oxygens (including phenoxy) is 1. The van der Waals surface area contributed by atoms with Gasteiger partial charge < -0.3 is 10.1 Å². The van der Waals surface area contributed by atoms with Crippen molar-refractivity contribution in [1.29, 1.82) is 0 Å². The van der Waals surface area contributed by atoms with Crippen molar-refractivity contribution in [2.75, 3.05) is 11.9 Å². The van der Waals surface area contributed by atoms with Gasteiger partial charge in [0.15, 0.2) is 5.82 Å². The minimum absolute atomic E-state index is 0.416. The molecule has 5 nitrogen and oxygen atoms in total. The van der Waals surface area contributed by atoms with E-state index in [0.717, 1.165) is 36.5 Å². The van der Waals surface area contributed by atoms with E-state index in [-0.39, 0.29) is 0 Å². The molecule has 96 valence electrons. The van der Waals surface area contributed by atoms with Crippen LogP contribution >= 0.6 is 0 Å². The summed E-state index contributed by atoms with van der Waals surface area (Å²) in [6.07, 6.45) is 6.18. The lowest BCUT2D eigenvalue weighted by Crippen LogP contribution is -2.41. The molecule has 1 fully saturated rings. The van der Waals surface area contributed by atoms with Gasteiger partial charge in [-0.2, -0.15) is 5.10 Å². The van der Waals surface area contributed by atoms with Gasteiger partial charge in [0.05, 0.1) is 11.8 Å². The molecule has 1 aliphatic carbocycles. The highest BCUT2D eigenvalue weighted by Crippen LogP contribution is 2.27. The zero-order valence-corrected chi connectivity index (χ0v) is 10.8. The van der Waals surface area contributed by atoms with Crippen LogP contribution in [0.4, 0.5) is 5.82 Å². The number of hydrogen-bond acceptors (Lipinski definition) is 4. The molecule has 0 aliphatic heterocycles. The van der Waals surface area contributed by atoms with Gasteiger partial charge in [0.1, 0.15) is 5.52 Å². The van der Waals surface area contributed by atoms with Gasteiger partial charge >= 0.3 is 0 Å². The maximum atomic E-state index is 5.56. The molecule has 0 unspecified atom stereocenters. The summed E-state index contributed by atoms with van der Waals surface area (Å²) in [7, 11) is 0. The standard InChI is InChI=1S/C13H18N4O/c1-3-18-11-7-10(8-11)15-13-12-6-9(2)16-17(12)5-4-14-13/h4-6,10-11H,3,7-8H2,1-2H3,(H,14,15). The number of nitrogens with zero attached hydrogens (tertiary/aromatic N) is 3. The van der Waals surface area contributed by atoms with E-state index in [1.807, 2.05) is 30.6 Å². The van der Waals surface area contributed by atoms with E-state index in [9.17, 15) is 0 Å². The summed E-state index contributed by atoms with van der Waals surface area (Å²) in [6.45, 7) is 4.83. The number of aromatic nitrogens is 3. The van der Waals surface area contributed by atoms with Crippen LogP contribution in [0.25, 0.3) is 5.52 Å². The Hall–Kier alpha value is -1.62. The van der Waals surface area contributed by atoms with Crippen LogP contribution in [0.15, 0.2) is 18.5 Å². The number of aryl methyl sites for hydroxylation is 1. The van der Waals surface area contributed by atoms with E-state index >= 15 is 0 Å². The molecule has 1 N–H and O–H groups in total. The topological polar surface area (TPSA) is 51.5 Å². The predicted octanol–water partition coefficient (Wildman–Crippen LogP) is 2.02. The average molecular weight is 246 g/mol. The first kappa shape index (κ1) is 11.5. The van der Waals surface area contributed by atoms with Crippen LogP contribution in [0.3, 0.4) is 0 Å². The number of fused-ring (bicyclic) bond motifs is 1. The fourth-order valence-corrected chi connectivity index (χ4v) is 2.40. The molecule has 0 saturated heterocycles. The summed E-state index contributed by atoms with van der Waals surface area (Å²) in [5.74, 6) is 0.915. The summed E-state index contributed by atoms with van der Waals surface area (Å²) in [5.41, 5.74) is 2.04. The fourth-order valence-electron chi connectivity index (χ4n) is 2.40. The Balaban J connectivity index is 1.72. The highest BCUT2D eigenvalue weighted by molar-refractivity contribution is 5.68. The smallest absolute Gasteiger partial charge is 0.152 e. The molecule has 18 heavy (non-hydrogen) atoms. The molecule has 1 aliphatic rings. The SMILES string of the molecule is CCOC1CC(Nc2nccn3nc(C)cc23)C1. The third-order valence-electron chi connectivity index (χ3n) is 3.35. The molecule has 0 spiro atoms. The highest BCUT2D eigenvalue weighted by Gasteiger charge is 2.30. The highest BCUT2D eigenvalue weighted by atomic mass is 16.5. The van der Waals surface area contributed by atoms with Crippen LogP contribution in [-0.2, 0) is 4.74 Å². The predicted molar refractivity (Wildman–Crippen MR) is 69.8 cm³/mol. The van der Waals surface area contributed by atoms with E-state index in [0.29, 0.717) is 12.1 Å². The maximum absolute atomic E-state index is 5.56. The molecule has 0 radical (unpaired) electrons. The Kier molecular flexibility index (Phi) is 2.91. The van der Waals surface area contributed by atoms with Crippen molar-refractivity contribution in [1.82, 2.24) is 14.6 Å². The molecule has 0 atom stereocenters. The number of anilines is 1. The van der Waals surface area contributed by atoms with E-state index in [1.165, 1.54) is 0 Å². The first-order valence-electron chi connectivity index (χ1n) is 6.45. The van der Waals surface area contributed by atoms with Gasteiger partial charge in [0.2, 0.25) is 0 Å². The van der Waals surface area contributed by atoms with Crippen LogP contribution in [0.2, 0.25) is 0 Å². The third-order valence-corrected chi connectivity index (χ3v) is 3.35. The van der Waals surface area contributed by atoms with Crippen LogP contribution in [0.5, 0.6) is 0 Å². The van der Waals surface area contributed by atoms with Gasteiger partial charge in [-0.1, -0.05) is 0 Å². The molecule has 5 heteroatoms. The van der Waals surface area contributed by atoms with Crippen LogP contribution in [0, 0.1) is 6.92 Å². The molecule has 1 saturated carbocycles. The lowest BCUT2D eigenvalue weighted by molar-refractivity contribution is 0.00294. The van der Waals surface area contributed by atoms with Gasteiger partial charge in [0, 0.05) is 25.0 Å². The second-order valence-corrected chi connectivity index (χ2v) is 4.78. The molecule has 0 aromatic carbocycles. The summed E-state index contributed by atoms with van der Waals surface area (Å²) in [6, 6.07) is 2.52. The zero-order valence-electron chi connectivity index (χ0n) is 10.8. The Labute approximate surface area is 106 Å². The monoisotopic (exact) mass is 246 g/mol. The third kappa shape index (κ3) is 2.06. The van der Waals surface area contributed by atoms with Crippen molar-refractivity contribution in [2.45, 2.75) is 38.8 Å². The molecule has 2 heterocycles. The van der Waals surface area contributed by atoms with Gasteiger partial charge in [-0.3, -0.25) is 0 Å². The lowest BCUT2D eigenvalue weighted by Gasteiger charge is -2.35. The second kappa shape index (κ2) is 4.57. The minimum atomic E-state index is 0.416. The minimum Gasteiger partial charge on any atom is -0.378 e. The fraction of sp³-hybridized carbons (Fsp3) is 0.538. The lowest BCUT2D eigenvalue weighted by atomic mass is 9.89. The first-order valence-corrected chi connectivity index (χ1v) is 6.45.